The van der Waals surface area contributed by atoms with Crippen molar-refractivity contribution >= 4 is 15.6 Å². The monoisotopic (exact) mass is 270 g/mol. The highest BCUT2D eigenvalue weighted by Gasteiger charge is 2.27. The first-order valence-corrected chi connectivity index (χ1v) is 7.53. The standard InChI is InChI=1S/C13H18O4S/c1-8-6-7-11(13(17-4)9(8)2)12(14)10(3)18(5,15)16/h6-7,10H,1-5H3. The molecule has 0 spiro atoms. The van der Waals surface area contributed by atoms with Crippen LogP contribution in [0.25, 0.3) is 0 Å². The van der Waals surface area contributed by atoms with Crippen LogP contribution in [0.2, 0.25) is 0 Å². The van der Waals surface area contributed by atoms with E-state index in [-0.39, 0.29) is 0 Å². The molecule has 0 aliphatic rings. The molecule has 100 valence electrons. The van der Waals surface area contributed by atoms with Crippen LogP contribution in [0.1, 0.15) is 28.4 Å². The van der Waals surface area contributed by atoms with E-state index in [0.717, 1.165) is 17.4 Å². The van der Waals surface area contributed by atoms with Gasteiger partial charge in [-0.05, 0) is 38.0 Å². The van der Waals surface area contributed by atoms with Gasteiger partial charge in [0.1, 0.15) is 11.0 Å². The lowest BCUT2D eigenvalue weighted by molar-refractivity contribution is 0.0988. The lowest BCUT2D eigenvalue weighted by Crippen LogP contribution is -2.26. The number of rotatable bonds is 4. The number of sulfone groups is 1. The second-order valence-corrected chi connectivity index (χ2v) is 6.79. The quantitative estimate of drug-likeness (QED) is 0.784. The predicted molar refractivity (Wildman–Crippen MR) is 71.1 cm³/mol. The molecule has 1 atom stereocenters. The van der Waals surface area contributed by atoms with Gasteiger partial charge in [0.2, 0.25) is 0 Å². The van der Waals surface area contributed by atoms with Gasteiger partial charge in [-0.3, -0.25) is 4.79 Å². The number of carbonyl (C=O) groups excluding carboxylic acids is 1. The number of ketones is 1. The molecular formula is C13H18O4S. The van der Waals surface area contributed by atoms with E-state index in [1.54, 1.807) is 12.1 Å². The van der Waals surface area contributed by atoms with Crippen LogP contribution >= 0.6 is 0 Å². The topological polar surface area (TPSA) is 60.4 Å². The molecule has 1 aromatic rings. The van der Waals surface area contributed by atoms with Gasteiger partial charge in [-0.1, -0.05) is 6.07 Å². The third-order valence-corrected chi connectivity index (χ3v) is 4.66. The highest BCUT2D eigenvalue weighted by molar-refractivity contribution is 7.92. The van der Waals surface area contributed by atoms with Gasteiger partial charge in [0.05, 0.1) is 12.7 Å². The highest BCUT2D eigenvalue weighted by atomic mass is 32.2. The Morgan fingerprint density at radius 2 is 1.83 bits per heavy atom. The summed E-state index contributed by atoms with van der Waals surface area (Å²) in [6, 6.07) is 3.41. The van der Waals surface area contributed by atoms with E-state index in [4.69, 9.17) is 4.74 Å². The molecule has 0 N–H and O–H groups in total. The van der Waals surface area contributed by atoms with Gasteiger partial charge in [-0.25, -0.2) is 8.42 Å². The third-order valence-electron chi connectivity index (χ3n) is 3.16. The molecular weight excluding hydrogens is 252 g/mol. The number of carbonyl (C=O) groups is 1. The molecule has 0 heterocycles. The first-order chi connectivity index (χ1) is 8.20. The smallest absolute Gasteiger partial charge is 0.184 e. The molecule has 0 bridgehead atoms. The van der Waals surface area contributed by atoms with Crippen LogP contribution in [-0.2, 0) is 9.84 Å². The van der Waals surface area contributed by atoms with Gasteiger partial charge in [0.25, 0.3) is 0 Å². The van der Waals surface area contributed by atoms with Gasteiger partial charge in [-0.2, -0.15) is 0 Å². The Labute approximate surface area is 108 Å². The van der Waals surface area contributed by atoms with E-state index in [1.807, 2.05) is 13.8 Å². The van der Waals surface area contributed by atoms with Crippen molar-refractivity contribution in [2.24, 2.45) is 0 Å². The summed E-state index contributed by atoms with van der Waals surface area (Å²) >= 11 is 0. The summed E-state index contributed by atoms with van der Waals surface area (Å²) in [6.45, 7) is 5.15. The summed E-state index contributed by atoms with van der Waals surface area (Å²) in [4.78, 5) is 12.2. The molecule has 0 saturated heterocycles. The van der Waals surface area contributed by atoms with Gasteiger partial charge >= 0.3 is 0 Å². The Balaban J connectivity index is 3.35. The molecule has 0 amide bonds. The van der Waals surface area contributed by atoms with E-state index in [9.17, 15) is 13.2 Å². The second kappa shape index (κ2) is 5.10. The van der Waals surface area contributed by atoms with Crippen LogP contribution in [0.3, 0.4) is 0 Å². The fourth-order valence-corrected chi connectivity index (χ4v) is 2.18. The van der Waals surface area contributed by atoms with Crippen molar-refractivity contribution < 1.29 is 17.9 Å². The largest absolute Gasteiger partial charge is 0.496 e. The number of benzene rings is 1. The average Bonchev–Trinajstić information content (AvgIpc) is 2.29. The van der Waals surface area contributed by atoms with Crippen LogP contribution < -0.4 is 4.74 Å². The lowest BCUT2D eigenvalue weighted by atomic mass is 10.0. The maximum Gasteiger partial charge on any atom is 0.184 e. The Bertz CT molecular complexity index is 573. The number of aryl methyl sites for hydroxylation is 1. The number of hydrogen-bond acceptors (Lipinski definition) is 4. The Morgan fingerprint density at radius 3 is 2.28 bits per heavy atom. The Kier molecular flexibility index (Phi) is 4.16. The maximum atomic E-state index is 12.2. The first-order valence-electron chi connectivity index (χ1n) is 5.57. The van der Waals surface area contributed by atoms with Gasteiger partial charge in [0.15, 0.2) is 15.6 Å². The summed E-state index contributed by atoms with van der Waals surface area (Å²) in [5, 5.41) is -1.06. The third kappa shape index (κ3) is 2.72. The minimum Gasteiger partial charge on any atom is -0.496 e. The molecule has 0 radical (unpaired) electrons. The van der Waals surface area contributed by atoms with Crippen molar-refractivity contribution in [3.63, 3.8) is 0 Å². The molecule has 0 saturated carbocycles. The zero-order valence-electron chi connectivity index (χ0n) is 11.3. The highest BCUT2D eigenvalue weighted by Crippen LogP contribution is 2.28. The molecule has 1 aromatic carbocycles. The second-order valence-electron chi connectivity index (χ2n) is 4.42. The maximum absolute atomic E-state index is 12.2. The van der Waals surface area contributed by atoms with Crippen molar-refractivity contribution in [1.82, 2.24) is 0 Å². The molecule has 18 heavy (non-hydrogen) atoms. The fraction of sp³-hybridized carbons (Fsp3) is 0.462. The fourth-order valence-electron chi connectivity index (χ4n) is 1.66. The summed E-state index contributed by atoms with van der Waals surface area (Å²) in [6.07, 6.45) is 1.06. The average molecular weight is 270 g/mol. The van der Waals surface area contributed by atoms with Crippen molar-refractivity contribution in [2.75, 3.05) is 13.4 Å². The number of ether oxygens (including phenoxy) is 1. The minimum atomic E-state index is -3.40. The number of Topliss-reactive ketones (excluding diaryl/α,β-unsaturated/α-hetero) is 1. The van der Waals surface area contributed by atoms with E-state index in [2.05, 4.69) is 0 Å². The zero-order valence-corrected chi connectivity index (χ0v) is 12.1. The predicted octanol–water partition coefficient (Wildman–Crippen LogP) is 1.93. The summed E-state index contributed by atoms with van der Waals surface area (Å²) in [5.41, 5.74) is 2.16. The summed E-state index contributed by atoms with van der Waals surface area (Å²) in [5.74, 6) is 0.0213. The van der Waals surface area contributed by atoms with Crippen molar-refractivity contribution in [1.29, 1.82) is 0 Å². The number of hydrogen-bond donors (Lipinski definition) is 0. The minimum absolute atomic E-state index is 0.318. The lowest BCUT2D eigenvalue weighted by Gasteiger charge is -2.15. The van der Waals surface area contributed by atoms with E-state index >= 15 is 0 Å². The molecule has 0 aromatic heterocycles. The van der Waals surface area contributed by atoms with Crippen LogP contribution in [0.5, 0.6) is 5.75 Å². The van der Waals surface area contributed by atoms with Gasteiger partial charge < -0.3 is 4.74 Å². The van der Waals surface area contributed by atoms with Crippen LogP contribution in [-0.4, -0.2) is 32.8 Å². The zero-order chi connectivity index (χ0) is 14.1. The van der Waals surface area contributed by atoms with E-state index in [1.165, 1.54) is 14.0 Å². The summed E-state index contributed by atoms with van der Waals surface area (Å²) < 4.78 is 28.1. The van der Waals surface area contributed by atoms with Crippen LogP contribution in [0, 0.1) is 13.8 Å². The van der Waals surface area contributed by atoms with Crippen molar-refractivity contribution in [3.8, 4) is 5.75 Å². The van der Waals surface area contributed by atoms with Gasteiger partial charge in [0, 0.05) is 6.26 Å². The van der Waals surface area contributed by atoms with E-state index in [0.29, 0.717) is 11.3 Å². The Hall–Kier alpha value is -1.36. The Morgan fingerprint density at radius 1 is 1.28 bits per heavy atom. The molecule has 0 fully saturated rings. The molecule has 1 unspecified atom stereocenters. The molecule has 0 aliphatic carbocycles. The van der Waals surface area contributed by atoms with E-state index < -0.39 is 20.9 Å². The van der Waals surface area contributed by atoms with Gasteiger partial charge in [-0.15, -0.1) is 0 Å². The van der Waals surface area contributed by atoms with Crippen molar-refractivity contribution in [2.45, 2.75) is 26.0 Å². The SMILES string of the molecule is COc1c(C(=O)C(C)S(C)(=O)=O)ccc(C)c1C. The van der Waals surface area contributed by atoms with Crippen LogP contribution in [0.15, 0.2) is 12.1 Å². The van der Waals surface area contributed by atoms with Crippen molar-refractivity contribution in [3.05, 3.63) is 28.8 Å². The molecule has 0 aliphatic heterocycles. The number of methoxy groups -OCH3 is 1. The molecule has 5 heteroatoms. The molecule has 1 rings (SSSR count). The summed E-state index contributed by atoms with van der Waals surface area (Å²) in [7, 11) is -1.93. The van der Waals surface area contributed by atoms with Crippen LogP contribution in [0.4, 0.5) is 0 Å². The molecule has 4 nitrogen and oxygen atoms in total. The normalized spacial score (nSPS) is 13.2. The first kappa shape index (κ1) is 14.7.